The zero-order chi connectivity index (χ0) is 10.6. The zero-order valence-electron chi connectivity index (χ0n) is 7.15. The first-order valence-electron chi connectivity index (χ1n) is 3.51. The topological polar surface area (TPSA) is 130 Å². The number of amides is 2. The van der Waals surface area contributed by atoms with E-state index in [1.807, 2.05) is 0 Å². The average molecular weight is 185 g/mol. The zero-order valence-corrected chi connectivity index (χ0v) is 7.15. The molecule has 5 N–H and O–H groups in total. The number of nitrogens with two attached hydrogens (primary N) is 2. The van der Waals surface area contributed by atoms with Crippen molar-refractivity contribution in [1.82, 2.24) is 0 Å². The van der Waals surface area contributed by atoms with Crippen molar-refractivity contribution in [3.8, 4) is 6.07 Å². The maximum absolute atomic E-state index is 10.6. The van der Waals surface area contributed by atoms with Crippen molar-refractivity contribution in [2.45, 2.75) is 18.9 Å². The fourth-order valence-corrected chi connectivity index (χ4v) is 0.964. The van der Waals surface area contributed by atoms with Gasteiger partial charge in [-0.2, -0.15) is 5.26 Å². The Balaban J connectivity index is 4.69. The van der Waals surface area contributed by atoms with Gasteiger partial charge < -0.3 is 16.6 Å². The second kappa shape index (κ2) is 3.87. The fourth-order valence-electron chi connectivity index (χ4n) is 0.964. The number of nitrogens with zero attached hydrogens (tertiary/aromatic N) is 1. The lowest BCUT2D eigenvalue weighted by Gasteiger charge is -2.24. The van der Waals surface area contributed by atoms with Gasteiger partial charge >= 0.3 is 0 Å². The minimum absolute atomic E-state index is 0.478. The van der Waals surface area contributed by atoms with E-state index in [-0.39, 0.29) is 0 Å². The molecule has 2 unspecified atom stereocenters. The second-order valence-electron chi connectivity index (χ2n) is 2.96. The number of hydrogen-bond donors (Lipinski definition) is 3. The van der Waals surface area contributed by atoms with E-state index >= 15 is 0 Å². The smallest absolute Gasteiger partial charge is 0.237 e. The summed E-state index contributed by atoms with van der Waals surface area (Å²) in [5, 5.41) is 18.0. The maximum Gasteiger partial charge on any atom is 0.237 e. The molecule has 0 aromatic rings. The first kappa shape index (κ1) is 11.4. The number of primary amides is 2. The molecule has 0 aliphatic heterocycles. The summed E-state index contributed by atoms with van der Waals surface area (Å²) in [6.07, 6.45) is -0.478. The van der Waals surface area contributed by atoms with Crippen molar-refractivity contribution in [2.24, 2.45) is 17.4 Å². The molecule has 0 aliphatic rings. The van der Waals surface area contributed by atoms with Crippen LogP contribution < -0.4 is 11.5 Å². The molecule has 0 spiro atoms. The van der Waals surface area contributed by atoms with Crippen LogP contribution in [0.1, 0.15) is 13.3 Å². The van der Waals surface area contributed by atoms with Crippen LogP contribution in [-0.4, -0.2) is 22.5 Å². The van der Waals surface area contributed by atoms with E-state index in [2.05, 4.69) is 0 Å². The van der Waals surface area contributed by atoms with Gasteiger partial charge in [0.25, 0.3) is 0 Å². The van der Waals surface area contributed by atoms with Crippen LogP contribution in [0.5, 0.6) is 0 Å². The van der Waals surface area contributed by atoms with Crippen LogP contribution in [0.2, 0.25) is 0 Å². The van der Waals surface area contributed by atoms with Crippen molar-refractivity contribution in [2.75, 3.05) is 0 Å². The Morgan fingerprint density at radius 1 is 1.62 bits per heavy atom. The number of carbonyl (C=O) groups excluding carboxylic acids is 2. The summed E-state index contributed by atoms with van der Waals surface area (Å²) >= 11 is 0. The van der Waals surface area contributed by atoms with Crippen molar-refractivity contribution in [1.29, 1.82) is 5.26 Å². The van der Waals surface area contributed by atoms with Crippen LogP contribution >= 0.6 is 0 Å². The Kier molecular flexibility index (Phi) is 3.39. The molecule has 2 amide bonds. The third kappa shape index (κ3) is 3.09. The summed E-state index contributed by atoms with van der Waals surface area (Å²) < 4.78 is 0. The van der Waals surface area contributed by atoms with Gasteiger partial charge in [0.1, 0.15) is 0 Å². The fraction of sp³-hybridized carbons (Fsp3) is 0.571. The van der Waals surface area contributed by atoms with Gasteiger partial charge in [0.05, 0.1) is 18.1 Å². The van der Waals surface area contributed by atoms with Crippen molar-refractivity contribution in [3.63, 3.8) is 0 Å². The summed E-state index contributed by atoms with van der Waals surface area (Å²) in [7, 11) is 0. The van der Waals surface area contributed by atoms with Crippen molar-refractivity contribution < 1.29 is 14.7 Å². The van der Waals surface area contributed by atoms with E-state index in [0.717, 1.165) is 6.92 Å². The highest BCUT2D eigenvalue weighted by Gasteiger charge is 2.37. The van der Waals surface area contributed by atoms with E-state index in [1.165, 1.54) is 6.07 Å². The second-order valence-corrected chi connectivity index (χ2v) is 2.96. The van der Waals surface area contributed by atoms with Crippen molar-refractivity contribution >= 4 is 11.8 Å². The van der Waals surface area contributed by atoms with Gasteiger partial charge in [0.2, 0.25) is 11.8 Å². The molecule has 2 atom stereocenters. The van der Waals surface area contributed by atoms with E-state index in [9.17, 15) is 14.7 Å². The lowest BCUT2D eigenvalue weighted by molar-refractivity contribution is -0.131. The molecule has 0 bridgehead atoms. The third-order valence-electron chi connectivity index (χ3n) is 1.57. The van der Waals surface area contributed by atoms with Gasteiger partial charge in [-0.25, -0.2) is 0 Å². The molecule has 0 heterocycles. The van der Waals surface area contributed by atoms with Gasteiger partial charge in [0.15, 0.2) is 5.92 Å². The molecule has 0 rings (SSSR count). The van der Waals surface area contributed by atoms with Gasteiger partial charge in [-0.1, -0.05) is 0 Å². The number of aliphatic hydroxyl groups is 1. The highest BCUT2D eigenvalue weighted by molar-refractivity contribution is 5.82. The van der Waals surface area contributed by atoms with Gasteiger partial charge in [-0.15, -0.1) is 0 Å². The van der Waals surface area contributed by atoms with Crippen LogP contribution in [0, 0.1) is 17.2 Å². The highest BCUT2D eigenvalue weighted by Crippen LogP contribution is 2.19. The summed E-state index contributed by atoms with van der Waals surface area (Å²) in [4.78, 5) is 21.1. The maximum atomic E-state index is 10.6. The van der Waals surface area contributed by atoms with E-state index in [0.29, 0.717) is 0 Å². The van der Waals surface area contributed by atoms with Gasteiger partial charge in [0, 0.05) is 0 Å². The molecular weight excluding hydrogens is 174 g/mol. The minimum Gasteiger partial charge on any atom is -0.388 e. The molecule has 13 heavy (non-hydrogen) atoms. The molecule has 0 saturated heterocycles. The lowest BCUT2D eigenvalue weighted by Crippen LogP contribution is -2.44. The van der Waals surface area contributed by atoms with E-state index in [1.54, 1.807) is 0 Å². The van der Waals surface area contributed by atoms with Crippen LogP contribution in [0.4, 0.5) is 0 Å². The van der Waals surface area contributed by atoms with E-state index in [4.69, 9.17) is 16.7 Å². The molecule has 0 aromatic heterocycles. The monoisotopic (exact) mass is 185 g/mol. The Labute approximate surface area is 75.1 Å². The number of hydrogen-bond acceptors (Lipinski definition) is 4. The van der Waals surface area contributed by atoms with Crippen molar-refractivity contribution in [3.05, 3.63) is 0 Å². The Morgan fingerprint density at radius 3 is 2.31 bits per heavy atom. The van der Waals surface area contributed by atoms with Crippen LogP contribution in [0.15, 0.2) is 0 Å². The summed E-state index contributed by atoms with van der Waals surface area (Å²) in [5.41, 5.74) is 7.85. The summed E-state index contributed by atoms with van der Waals surface area (Å²) in [6.45, 7) is 1.16. The Bertz CT molecular complexity index is 267. The molecule has 72 valence electrons. The van der Waals surface area contributed by atoms with Crippen LogP contribution in [0.3, 0.4) is 0 Å². The molecule has 0 radical (unpaired) electrons. The van der Waals surface area contributed by atoms with Gasteiger partial charge in [-0.05, 0) is 6.92 Å². The molecule has 0 aliphatic carbocycles. The number of nitriles is 1. The largest absolute Gasteiger partial charge is 0.388 e. The molecule has 0 fully saturated rings. The predicted molar refractivity (Wildman–Crippen MR) is 42.7 cm³/mol. The van der Waals surface area contributed by atoms with Gasteiger partial charge in [-0.3, -0.25) is 9.59 Å². The molecule has 0 aromatic carbocycles. The Morgan fingerprint density at radius 2 is 2.08 bits per heavy atom. The molecule has 6 heteroatoms. The molecular formula is C7H11N3O3. The average Bonchev–Trinajstić information content (AvgIpc) is 1.82. The van der Waals surface area contributed by atoms with Crippen LogP contribution in [0.25, 0.3) is 0 Å². The molecule has 6 nitrogen and oxygen atoms in total. The first-order valence-corrected chi connectivity index (χ1v) is 3.51. The lowest BCUT2D eigenvalue weighted by atomic mass is 9.86. The minimum atomic E-state index is -1.80. The first-order chi connectivity index (χ1) is 5.81. The Hall–Kier alpha value is -1.61. The number of carbonyl (C=O) groups is 2. The normalized spacial score (nSPS) is 16.7. The summed E-state index contributed by atoms with van der Waals surface area (Å²) in [5.74, 6) is -3.21. The number of rotatable bonds is 4. The quantitative estimate of drug-likeness (QED) is 0.478. The molecule has 0 saturated carbocycles. The van der Waals surface area contributed by atoms with E-state index < -0.39 is 29.8 Å². The summed E-state index contributed by atoms with van der Waals surface area (Å²) in [6, 6.07) is 1.51. The standard InChI is InChI=1S/C7H11N3O3/c1-7(13,2-5(9)11)4(3-8)6(10)12/h4,13H,2H2,1H3,(H2,9,11)(H2,10,12). The van der Waals surface area contributed by atoms with Crippen LogP contribution in [-0.2, 0) is 9.59 Å². The SMILES string of the molecule is CC(O)(CC(N)=O)C(C#N)C(N)=O. The third-order valence-corrected chi connectivity index (χ3v) is 1.57. The predicted octanol–water partition coefficient (Wildman–Crippen LogP) is -1.76. The highest BCUT2D eigenvalue weighted by atomic mass is 16.3.